The number of ether oxygens (including phenoxy) is 1. The predicted molar refractivity (Wildman–Crippen MR) is 100 cm³/mol. The molecule has 28 heavy (non-hydrogen) atoms. The third-order valence-electron chi connectivity index (χ3n) is 3.88. The van der Waals surface area contributed by atoms with Gasteiger partial charge in [-0.15, -0.1) is 0 Å². The monoisotopic (exact) mass is 382 g/mol. The van der Waals surface area contributed by atoms with Crippen molar-refractivity contribution in [1.29, 1.82) is 0 Å². The molecule has 0 aliphatic rings. The van der Waals surface area contributed by atoms with Crippen LogP contribution in [0.2, 0.25) is 0 Å². The molecule has 0 fully saturated rings. The topological polar surface area (TPSA) is 80.6 Å². The summed E-state index contributed by atoms with van der Waals surface area (Å²) in [7, 11) is 0. The predicted octanol–water partition coefficient (Wildman–Crippen LogP) is 3.04. The lowest BCUT2D eigenvalue weighted by Gasteiger charge is -2.09. The zero-order chi connectivity index (χ0) is 19.8. The Morgan fingerprint density at radius 1 is 0.964 bits per heavy atom. The van der Waals surface area contributed by atoms with Crippen LogP contribution >= 0.6 is 0 Å². The van der Waals surface area contributed by atoms with E-state index in [0.717, 1.165) is 5.56 Å². The van der Waals surface area contributed by atoms with Crippen molar-refractivity contribution < 1.29 is 23.1 Å². The molecule has 144 valence electrons. The first kappa shape index (κ1) is 19.2. The molecule has 0 aliphatic heterocycles. The Morgan fingerprint density at radius 3 is 2.61 bits per heavy atom. The Balaban J connectivity index is 1.48. The van der Waals surface area contributed by atoms with Crippen LogP contribution < -0.4 is 15.4 Å². The van der Waals surface area contributed by atoms with Gasteiger partial charge in [-0.1, -0.05) is 24.3 Å². The zero-order valence-electron chi connectivity index (χ0n) is 15.0. The van der Waals surface area contributed by atoms with Crippen molar-refractivity contribution >= 4 is 11.8 Å². The van der Waals surface area contributed by atoms with Crippen molar-refractivity contribution in [2.75, 3.05) is 6.61 Å². The minimum absolute atomic E-state index is 0.0212. The van der Waals surface area contributed by atoms with E-state index >= 15 is 0 Å². The average molecular weight is 382 g/mol. The Labute approximate surface area is 161 Å². The summed E-state index contributed by atoms with van der Waals surface area (Å²) < 4.78 is 23.8. The molecule has 0 saturated heterocycles. The molecule has 0 radical (unpaired) electrons. The van der Waals surface area contributed by atoms with E-state index < -0.39 is 11.7 Å². The fourth-order valence-electron chi connectivity index (χ4n) is 2.46. The quantitative estimate of drug-likeness (QED) is 0.628. The van der Waals surface area contributed by atoms with Gasteiger partial charge in [-0.05, 0) is 42.0 Å². The van der Waals surface area contributed by atoms with Crippen molar-refractivity contribution in [3.05, 3.63) is 89.6 Å². The van der Waals surface area contributed by atoms with Crippen molar-refractivity contribution in [2.24, 2.45) is 0 Å². The molecule has 2 amide bonds. The first-order chi connectivity index (χ1) is 13.6. The molecular weight excluding hydrogens is 363 g/mol. The van der Waals surface area contributed by atoms with Crippen LogP contribution in [-0.4, -0.2) is 18.4 Å². The molecule has 6 nitrogen and oxygen atoms in total. The zero-order valence-corrected chi connectivity index (χ0v) is 15.0. The molecule has 7 heteroatoms. The summed E-state index contributed by atoms with van der Waals surface area (Å²) in [6.07, 6.45) is 1.54. The first-order valence-corrected chi connectivity index (χ1v) is 8.65. The number of benzene rings is 2. The maximum absolute atomic E-state index is 13.5. The fraction of sp³-hybridized carbons (Fsp3) is 0.143. The smallest absolute Gasteiger partial charge is 0.258 e. The third-order valence-corrected chi connectivity index (χ3v) is 3.88. The van der Waals surface area contributed by atoms with Crippen LogP contribution in [0.25, 0.3) is 0 Å². The highest BCUT2D eigenvalue weighted by Gasteiger charge is 2.09. The molecule has 3 rings (SSSR count). The van der Waals surface area contributed by atoms with Gasteiger partial charge in [0.25, 0.3) is 11.8 Å². The van der Waals surface area contributed by atoms with Gasteiger partial charge >= 0.3 is 0 Å². The Morgan fingerprint density at radius 2 is 1.82 bits per heavy atom. The second kappa shape index (κ2) is 9.36. The van der Waals surface area contributed by atoms with E-state index in [0.29, 0.717) is 17.9 Å². The van der Waals surface area contributed by atoms with Crippen LogP contribution in [0.3, 0.4) is 0 Å². The number of carbonyl (C=O) groups excluding carboxylic acids is 2. The highest BCUT2D eigenvalue weighted by atomic mass is 19.1. The third kappa shape index (κ3) is 5.44. The molecule has 0 spiro atoms. The first-order valence-electron chi connectivity index (χ1n) is 8.65. The normalized spacial score (nSPS) is 10.3. The number of furan rings is 1. The molecule has 0 aliphatic carbocycles. The lowest BCUT2D eigenvalue weighted by Crippen LogP contribution is -2.28. The van der Waals surface area contributed by atoms with Gasteiger partial charge < -0.3 is 19.8 Å². The lowest BCUT2D eigenvalue weighted by atomic mass is 10.1. The number of rotatable bonds is 8. The molecule has 2 N–H and O–H groups in total. The Kier molecular flexibility index (Phi) is 6.41. The van der Waals surface area contributed by atoms with E-state index in [1.165, 1.54) is 12.1 Å². The van der Waals surface area contributed by atoms with Crippen molar-refractivity contribution in [3.8, 4) is 5.75 Å². The standard InChI is InChI=1S/C21H19FN2O4/c22-18-8-1-2-9-19(18)28-14-20(25)23-12-15-5-3-6-16(11-15)21(26)24-13-17-7-4-10-27-17/h1-11H,12-14H2,(H,23,25)(H,24,26). The van der Waals surface area contributed by atoms with Crippen LogP contribution in [0, 0.1) is 5.82 Å². The van der Waals surface area contributed by atoms with Crippen molar-refractivity contribution in [2.45, 2.75) is 13.1 Å². The minimum atomic E-state index is -0.524. The largest absolute Gasteiger partial charge is 0.481 e. The second-order valence-electron chi connectivity index (χ2n) is 5.96. The minimum Gasteiger partial charge on any atom is -0.481 e. The molecule has 2 aromatic carbocycles. The number of hydrogen-bond acceptors (Lipinski definition) is 4. The van der Waals surface area contributed by atoms with Gasteiger partial charge in [-0.25, -0.2) is 4.39 Å². The molecule has 0 atom stereocenters. The van der Waals surface area contributed by atoms with Crippen molar-refractivity contribution in [1.82, 2.24) is 10.6 Å². The van der Waals surface area contributed by atoms with Gasteiger partial charge in [0.15, 0.2) is 18.2 Å². The number of nitrogens with one attached hydrogen (secondary N) is 2. The highest BCUT2D eigenvalue weighted by Crippen LogP contribution is 2.15. The summed E-state index contributed by atoms with van der Waals surface area (Å²) in [5.41, 5.74) is 1.23. The van der Waals surface area contributed by atoms with Crippen LogP contribution in [0.4, 0.5) is 4.39 Å². The SMILES string of the molecule is O=C(COc1ccccc1F)NCc1cccc(C(=O)NCc2ccco2)c1. The van der Waals surface area contributed by atoms with Gasteiger partial charge in [-0.2, -0.15) is 0 Å². The van der Waals surface area contributed by atoms with Crippen LogP contribution in [0.15, 0.2) is 71.3 Å². The maximum atomic E-state index is 13.5. The number of carbonyl (C=O) groups is 2. The summed E-state index contributed by atoms with van der Waals surface area (Å²) in [6.45, 7) is 0.212. The van der Waals surface area contributed by atoms with Crippen molar-refractivity contribution in [3.63, 3.8) is 0 Å². The molecule has 3 aromatic rings. The van der Waals surface area contributed by atoms with E-state index in [9.17, 15) is 14.0 Å². The maximum Gasteiger partial charge on any atom is 0.258 e. The summed E-state index contributed by atoms with van der Waals surface area (Å²) in [5.74, 6) is -0.480. The van der Waals surface area contributed by atoms with Gasteiger partial charge in [0.1, 0.15) is 5.76 Å². The van der Waals surface area contributed by atoms with E-state index in [2.05, 4.69) is 10.6 Å². The molecule has 1 heterocycles. The molecule has 1 aromatic heterocycles. The summed E-state index contributed by atoms with van der Waals surface area (Å²) in [4.78, 5) is 24.1. The number of amides is 2. The molecule has 0 bridgehead atoms. The van der Waals surface area contributed by atoms with Gasteiger partial charge in [0.05, 0.1) is 12.8 Å². The van der Waals surface area contributed by atoms with E-state index in [1.807, 2.05) is 0 Å². The van der Waals surface area contributed by atoms with E-state index in [-0.39, 0.29) is 24.8 Å². The van der Waals surface area contributed by atoms with Gasteiger partial charge in [0, 0.05) is 12.1 Å². The van der Waals surface area contributed by atoms with E-state index in [1.54, 1.807) is 54.8 Å². The lowest BCUT2D eigenvalue weighted by molar-refractivity contribution is -0.123. The molecule has 0 unspecified atom stereocenters. The van der Waals surface area contributed by atoms with Gasteiger partial charge in [-0.3, -0.25) is 9.59 Å². The molecule has 0 saturated carbocycles. The van der Waals surface area contributed by atoms with E-state index in [4.69, 9.17) is 9.15 Å². The summed E-state index contributed by atoms with van der Waals surface area (Å²) in [6, 6.07) is 16.3. The average Bonchev–Trinajstić information content (AvgIpc) is 3.24. The number of halogens is 1. The number of para-hydroxylation sites is 1. The summed E-state index contributed by atoms with van der Waals surface area (Å²) in [5, 5.41) is 5.44. The highest BCUT2D eigenvalue weighted by molar-refractivity contribution is 5.94. The number of hydrogen-bond donors (Lipinski definition) is 2. The van der Waals surface area contributed by atoms with Crippen LogP contribution in [-0.2, 0) is 17.9 Å². The Bertz CT molecular complexity index is 941. The molecular formula is C21H19FN2O4. The van der Waals surface area contributed by atoms with Crippen LogP contribution in [0.1, 0.15) is 21.7 Å². The van der Waals surface area contributed by atoms with Gasteiger partial charge in [0.2, 0.25) is 0 Å². The summed E-state index contributed by atoms with van der Waals surface area (Å²) >= 11 is 0. The Hall–Kier alpha value is -3.61. The van der Waals surface area contributed by atoms with Crippen LogP contribution in [0.5, 0.6) is 5.75 Å². The fourth-order valence-corrected chi connectivity index (χ4v) is 2.46. The second-order valence-corrected chi connectivity index (χ2v) is 5.96.